The number of aryl methyl sites for hydroxylation is 1. The minimum absolute atomic E-state index is 0.119. The Balaban J connectivity index is 1.58. The quantitative estimate of drug-likeness (QED) is 0.914. The summed E-state index contributed by atoms with van der Waals surface area (Å²) in [6.45, 7) is 1.69. The number of anilines is 1. The van der Waals surface area contributed by atoms with E-state index in [0.29, 0.717) is 12.1 Å². The minimum Gasteiger partial charge on any atom is -0.480 e. The summed E-state index contributed by atoms with van der Waals surface area (Å²) in [7, 11) is 4.04. The molecule has 1 amide bonds. The fourth-order valence-electron chi connectivity index (χ4n) is 2.58. The highest BCUT2D eigenvalue weighted by atomic mass is 16.5. The molecular formula is C17H22N4O2. The van der Waals surface area contributed by atoms with Crippen LogP contribution in [-0.4, -0.2) is 47.3 Å². The third-order valence-electron chi connectivity index (χ3n) is 3.89. The molecule has 2 heterocycles. The van der Waals surface area contributed by atoms with Crippen LogP contribution in [0.4, 0.5) is 5.69 Å². The summed E-state index contributed by atoms with van der Waals surface area (Å²) < 4.78 is 7.63. The highest BCUT2D eigenvalue weighted by molar-refractivity contribution is 5.94. The van der Waals surface area contributed by atoms with E-state index >= 15 is 0 Å². The Morgan fingerprint density at radius 2 is 2.26 bits per heavy atom. The summed E-state index contributed by atoms with van der Waals surface area (Å²) in [6, 6.07) is 7.87. The molecule has 23 heavy (non-hydrogen) atoms. The van der Waals surface area contributed by atoms with Crippen LogP contribution in [0.5, 0.6) is 5.75 Å². The number of ether oxygens (including phenoxy) is 1. The fraction of sp³-hybridized carbons (Fsp3) is 0.412. The molecule has 1 aromatic carbocycles. The summed E-state index contributed by atoms with van der Waals surface area (Å²) in [5.74, 6) is 0.687. The molecule has 6 nitrogen and oxygen atoms in total. The molecular weight excluding hydrogens is 292 g/mol. The van der Waals surface area contributed by atoms with Crippen molar-refractivity contribution in [1.82, 2.24) is 14.7 Å². The van der Waals surface area contributed by atoms with E-state index in [9.17, 15) is 4.79 Å². The molecule has 0 spiro atoms. The average Bonchev–Trinajstić information content (AvgIpc) is 3.00. The lowest BCUT2D eigenvalue weighted by Crippen LogP contribution is -2.35. The second-order valence-electron chi connectivity index (χ2n) is 6.04. The standard InChI is InChI=1S/C17H22N4O2/c1-20(2)9-10-21-12-14(11-18-21)19-17(22)16-8-7-13-5-3-4-6-15(13)23-16/h3-6,11-12,16H,7-10H2,1-2H3,(H,19,22). The van der Waals surface area contributed by atoms with E-state index < -0.39 is 6.10 Å². The molecule has 0 fully saturated rings. The molecule has 1 N–H and O–H groups in total. The van der Waals surface area contributed by atoms with Crippen molar-refractivity contribution in [3.8, 4) is 5.75 Å². The van der Waals surface area contributed by atoms with Crippen molar-refractivity contribution < 1.29 is 9.53 Å². The first-order valence-corrected chi connectivity index (χ1v) is 7.84. The smallest absolute Gasteiger partial charge is 0.265 e. The van der Waals surface area contributed by atoms with Gasteiger partial charge >= 0.3 is 0 Å². The van der Waals surface area contributed by atoms with Crippen molar-refractivity contribution in [2.45, 2.75) is 25.5 Å². The molecule has 0 radical (unpaired) electrons. The molecule has 122 valence electrons. The number of nitrogens with one attached hydrogen (secondary N) is 1. The minimum atomic E-state index is -0.449. The van der Waals surface area contributed by atoms with Crippen molar-refractivity contribution in [3.05, 3.63) is 42.2 Å². The lowest BCUT2D eigenvalue weighted by atomic mass is 10.0. The maximum absolute atomic E-state index is 12.4. The molecule has 0 aliphatic carbocycles. The SMILES string of the molecule is CN(C)CCn1cc(NC(=O)C2CCc3ccccc3O2)cn1. The average molecular weight is 314 g/mol. The number of amides is 1. The van der Waals surface area contributed by atoms with Gasteiger partial charge in [0.2, 0.25) is 0 Å². The van der Waals surface area contributed by atoms with Gasteiger partial charge in [0.25, 0.3) is 5.91 Å². The van der Waals surface area contributed by atoms with Crippen LogP contribution in [0.25, 0.3) is 0 Å². The predicted molar refractivity (Wildman–Crippen MR) is 88.6 cm³/mol. The lowest BCUT2D eigenvalue weighted by molar-refractivity contribution is -0.123. The molecule has 1 unspecified atom stereocenters. The number of aromatic nitrogens is 2. The maximum atomic E-state index is 12.4. The Kier molecular flexibility index (Phi) is 4.62. The molecule has 1 aromatic heterocycles. The molecule has 1 aliphatic rings. The largest absolute Gasteiger partial charge is 0.480 e. The monoisotopic (exact) mass is 314 g/mol. The van der Waals surface area contributed by atoms with Crippen molar-refractivity contribution in [1.29, 1.82) is 0 Å². The van der Waals surface area contributed by atoms with E-state index in [1.807, 2.05) is 49.2 Å². The van der Waals surface area contributed by atoms with Crippen LogP contribution in [0.3, 0.4) is 0 Å². The van der Waals surface area contributed by atoms with Gasteiger partial charge in [0.15, 0.2) is 6.10 Å². The normalized spacial score (nSPS) is 16.7. The zero-order chi connectivity index (χ0) is 16.2. The van der Waals surface area contributed by atoms with Crippen LogP contribution in [-0.2, 0) is 17.8 Å². The number of fused-ring (bicyclic) bond motifs is 1. The molecule has 0 bridgehead atoms. The lowest BCUT2D eigenvalue weighted by Gasteiger charge is -2.24. The second-order valence-corrected chi connectivity index (χ2v) is 6.04. The van der Waals surface area contributed by atoms with Gasteiger partial charge in [0.1, 0.15) is 5.75 Å². The molecule has 0 saturated heterocycles. The van der Waals surface area contributed by atoms with E-state index in [1.54, 1.807) is 6.20 Å². The Hall–Kier alpha value is -2.34. The number of carbonyl (C=O) groups excluding carboxylic acids is 1. The highest BCUT2D eigenvalue weighted by Gasteiger charge is 2.26. The van der Waals surface area contributed by atoms with Gasteiger partial charge in [-0.25, -0.2) is 0 Å². The van der Waals surface area contributed by atoms with Gasteiger partial charge in [0.05, 0.1) is 18.4 Å². The Bertz CT molecular complexity index is 681. The Morgan fingerprint density at radius 3 is 3.09 bits per heavy atom. The van der Waals surface area contributed by atoms with Crippen LogP contribution < -0.4 is 10.1 Å². The van der Waals surface area contributed by atoms with Gasteiger partial charge in [-0.15, -0.1) is 0 Å². The third kappa shape index (κ3) is 3.90. The predicted octanol–water partition coefficient (Wildman–Crippen LogP) is 1.78. The highest BCUT2D eigenvalue weighted by Crippen LogP contribution is 2.27. The molecule has 2 aromatic rings. The van der Waals surface area contributed by atoms with Crippen LogP contribution in [0.1, 0.15) is 12.0 Å². The van der Waals surface area contributed by atoms with Gasteiger partial charge in [0, 0.05) is 12.7 Å². The summed E-state index contributed by atoms with van der Waals surface area (Å²) in [5.41, 5.74) is 1.87. The summed E-state index contributed by atoms with van der Waals surface area (Å²) in [4.78, 5) is 14.5. The number of nitrogens with zero attached hydrogens (tertiary/aromatic N) is 3. The molecule has 3 rings (SSSR count). The summed E-state index contributed by atoms with van der Waals surface area (Å²) in [6.07, 6.45) is 4.62. The fourth-order valence-corrected chi connectivity index (χ4v) is 2.58. The van der Waals surface area contributed by atoms with Gasteiger partial charge in [-0.2, -0.15) is 5.10 Å². The number of rotatable bonds is 5. The van der Waals surface area contributed by atoms with Crippen LogP contribution >= 0.6 is 0 Å². The van der Waals surface area contributed by atoms with Crippen molar-refractivity contribution in [2.75, 3.05) is 26.0 Å². The van der Waals surface area contributed by atoms with E-state index in [4.69, 9.17) is 4.74 Å². The van der Waals surface area contributed by atoms with E-state index in [-0.39, 0.29) is 5.91 Å². The number of carbonyl (C=O) groups is 1. The second kappa shape index (κ2) is 6.83. The number of para-hydroxylation sites is 1. The summed E-state index contributed by atoms with van der Waals surface area (Å²) in [5, 5.41) is 7.15. The van der Waals surface area contributed by atoms with Gasteiger partial charge in [-0.05, 0) is 38.6 Å². The van der Waals surface area contributed by atoms with Gasteiger partial charge in [-0.3, -0.25) is 9.48 Å². The first kappa shape index (κ1) is 15.6. The van der Waals surface area contributed by atoms with Crippen LogP contribution in [0, 0.1) is 0 Å². The van der Waals surface area contributed by atoms with E-state index in [1.165, 1.54) is 0 Å². The number of hydrogen-bond donors (Lipinski definition) is 1. The van der Waals surface area contributed by atoms with Crippen LogP contribution in [0.2, 0.25) is 0 Å². The topological polar surface area (TPSA) is 59.4 Å². The third-order valence-corrected chi connectivity index (χ3v) is 3.89. The Morgan fingerprint density at radius 1 is 1.43 bits per heavy atom. The molecule has 1 aliphatic heterocycles. The van der Waals surface area contributed by atoms with Crippen molar-refractivity contribution in [2.24, 2.45) is 0 Å². The number of likely N-dealkylation sites (N-methyl/N-ethyl adjacent to an activating group) is 1. The molecule has 6 heteroatoms. The van der Waals surface area contributed by atoms with Gasteiger partial charge in [-0.1, -0.05) is 18.2 Å². The molecule has 0 saturated carbocycles. The van der Waals surface area contributed by atoms with Crippen molar-refractivity contribution >= 4 is 11.6 Å². The number of benzene rings is 1. The zero-order valence-electron chi connectivity index (χ0n) is 13.5. The van der Waals surface area contributed by atoms with E-state index in [2.05, 4.69) is 15.3 Å². The maximum Gasteiger partial charge on any atom is 0.265 e. The zero-order valence-corrected chi connectivity index (χ0v) is 13.5. The van der Waals surface area contributed by atoms with E-state index in [0.717, 1.165) is 30.8 Å². The summed E-state index contributed by atoms with van der Waals surface area (Å²) >= 11 is 0. The first-order chi connectivity index (χ1) is 11.1. The van der Waals surface area contributed by atoms with Gasteiger partial charge < -0.3 is 15.0 Å². The Labute approximate surface area is 136 Å². The number of hydrogen-bond acceptors (Lipinski definition) is 4. The van der Waals surface area contributed by atoms with Crippen LogP contribution in [0.15, 0.2) is 36.7 Å². The first-order valence-electron chi connectivity index (χ1n) is 7.84. The molecule has 1 atom stereocenters. The van der Waals surface area contributed by atoms with Crippen molar-refractivity contribution in [3.63, 3.8) is 0 Å².